The Hall–Kier alpha value is -1.25. The van der Waals surface area contributed by atoms with Gasteiger partial charge in [-0.15, -0.1) is 0 Å². The van der Waals surface area contributed by atoms with Crippen molar-refractivity contribution >= 4 is 11.4 Å². The van der Waals surface area contributed by atoms with Crippen LogP contribution in [-0.2, 0) is 0 Å². The summed E-state index contributed by atoms with van der Waals surface area (Å²) in [4.78, 5) is 0. The Balaban J connectivity index is 1.94. The van der Waals surface area contributed by atoms with Gasteiger partial charge < -0.3 is 11.1 Å². The summed E-state index contributed by atoms with van der Waals surface area (Å²) in [6.07, 6.45) is 1.22. The molecule has 0 spiro atoms. The van der Waals surface area contributed by atoms with Gasteiger partial charge in [-0.05, 0) is 36.0 Å². The molecule has 1 aromatic rings. The molecule has 0 heterocycles. The SMILES string of the molecule is CC1(C)CC1CNc1ccc(N)cc1F. The van der Waals surface area contributed by atoms with E-state index in [0.29, 0.717) is 22.7 Å². The molecule has 1 aromatic carbocycles. The zero-order valence-corrected chi connectivity index (χ0v) is 9.18. The molecule has 1 saturated carbocycles. The first-order valence-electron chi connectivity index (χ1n) is 5.28. The average Bonchev–Trinajstić information content (AvgIpc) is 2.73. The summed E-state index contributed by atoms with van der Waals surface area (Å²) in [5.74, 6) is 0.392. The van der Waals surface area contributed by atoms with Gasteiger partial charge >= 0.3 is 0 Å². The molecule has 1 atom stereocenters. The molecular weight excluding hydrogens is 191 g/mol. The number of nitrogens with one attached hydrogen (secondary N) is 1. The van der Waals surface area contributed by atoms with Crippen molar-refractivity contribution in [2.24, 2.45) is 11.3 Å². The molecule has 1 aliphatic carbocycles. The molecule has 15 heavy (non-hydrogen) atoms. The third-order valence-corrected chi connectivity index (χ3v) is 3.25. The smallest absolute Gasteiger partial charge is 0.148 e. The lowest BCUT2D eigenvalue weighted by molar-refractivity contribution is 0.570. The largest absolute Gasteiger partial charge is 0.399 e. The van der Waals surface area contributed by atoms with Crippen LogP contribution in [0, 0.1) is 17.2 Å². The van der Waals surface area contributed by atoms with Gasteiger partial charge in [0.15, 0.2) is 0 Å². The predicted octanol–water partition coefficient (Wildman–Crippen LogP) is 2.87. The quantitative estimate of drug-likeness (QED) is 0.749. The molecular formula is C12H17FN2. The standard InChI is InChI=1S/C12H17FN2/c1-12(2)6-8(12)7-15-11-4-3-9(14)5-10(11)13/h3-5,8,15H,6-7,14H2,1-2H3. The first-order valence-corrected chi connectivity index (χ1v) is 5.28. The molecule has 0 aromatic heterocycles. The van der Waals surface area contributed by atoms with Gasteiger partial charge in [0.2, 0.25) is 0 Å². The third-order valence-electron chi connectivity index (χ3n) is 3.25. The fourth-order valence-electron chi connectivity index (χ4n) is 1.83. The van der Waals surface area contributed by atoms with Crippen LogP contribution < -0.4 is 11.1 Å². The monoisotopic (exact) mass is 208 g/mol. The normalized spacial score (nSPS) is 22.5. The minimum atomic E-state index is -0.270. The second-order valence-electron chi connectivity index (χ2n) is 5.01. The van der Waals surface area contributed by atoms with E-state index >= 15 is 0 Å². The highest BCUT2D eigenvalue weighted by molar-refractivity contribution is 5.52. The number of nitrogens with two attached hydrogens (primary N) is 1. The summed E-state index contributed by atoms with van der Waals surface area (Å²) in [6.45, 7) is 5.31. The summed E-state index contributed by atoms with van der Waals surface area (Å²) in [5.41, 5.74) is 6.91. The molecule has 0 bridgehead atoms. The lowest BCUT2D eigenvalue weighted by Gasteiger charge is -2.09. The predicted molar refractivity (Wildman–Crippen MR) is 61.2 cm³/mol. The van der Waals surface area contributed by atoms with Crippen LogP contribution in [0.3, 0.4) is 0 Å². The Morgan fingerprint density at radius 3 is 2.73 bits per heavy atom. The second kappa shape index (κ2) is 3.40. The summed E-state index contributed by atoms with van der Waals surface area (Å²) in [5, 5.41) is 3.13. The first-order chi connectivity index (χ1) is 6.99. The maximum Gasteiger partial charge on any atom is 0.148 e. The Morgan fingerprint density at radius 2 is 2.20 bits per heavy atom. The Labute approximate surface area is 89.7 Å². The van der Waals surface area contributed by atoms with Gasteiger partial charge in [0.05, 0.1) is 5.69 Å². The van der Waals surface area contributed by atoms with Crippen molar-refractivity contribution in [2.45, 2.75) is 20.3 Å². The molecule has 0 saturated heterocycles. The van der Waals surface area contributed by atoms with Gasteiger partial charge in [0, 0.05) is 12.2 Å². The number of anilines is 2. The van der Waals surface area contributed by atoms with E-state index in [4.69, 9.17) is 5.73 Å². The van der Waals surface area contributed by atoms with Crippen LogP contribution in [0.4, 0.5) is 15.8 Å². The van der Waals surface area contributed by atoms with Crippen molar-refractivity contribution < 1.29 is 4.39 Å². The van der Waals surface area contributed by atoms with Crippen molar-refractivity contribution in [1.82, 2.24) is 0 Å². The van der Waals surface area contributed by atoms with Crippen LogP contribution in [0.2, 0.25) is 0 Å². The van der Waals surface area contributed by atoms with E-state index in [1.165, 1.54) is 12.5 Å². The van der Waals surface area contributed by atoms with Gasteiger partial charge in [-0.3, -0.25) is 0 Å². The van der Waals surface area contributed by atoms with Gasteiger partial charge in [0.25, 0.3) is 0 Å². The molecule has 3 N–H and O–H groups in total. The number of rotatable bonds is 3. The van der Waals surface area contributed by atoms with Crippen LogP contribution >= 0.6 is 0 Å². The molecule has 1 unspecified atom stereocenters. The van der Waals surface area contributed by atoms with E-state index in [2.05, 4.69) is 19.2 Å². The van der Waals surface area contributed by atoms with E-state index in [0.717, 1.165) is 6.54 Å². The lowest BCUT2D eigenvalue weighted by atomic mass is 10.1. The third kappa shape index (κ3) is 2.22. The van der Waals surface area contributed by atoms with Crippen LogP contribution in [0.5, 0.6) is 0 Å². The van der Waals surface area contributed by atoms with Gasteiger partial charge in [0.1, 0.15) is 5.82 Å². The molecule has 2 nitrogen and oxygen atoms in total. The van der Waals surface area contributed by atoms with Crippen LogP contribution in [0.1, 0.15) is 20.3 Å². The number of nitrogen functional groups attached to an aromatic ring is 1. The zero-order valence-electron chi connectivity index (χ0n) is 9.18. The summed E-state index contributed by atoms with van der Waals surface area (Å²) in [7, 11) is 0. The van der Waals surface area contributed by atoms with Gasteiger partial charge in [-0.25, -0.2) is 4.39 Å². The average molecular weight is 208 g/mol. The second-order valence-corrected chi connectivity index (χ2v) is 5.01. The molecule has 3 heteroatoms. The highest BCUT2D eigenvalue weighted by atomic mass is 19.1. The maximum atomic E-state index is 13.4. The highest BCUT2D eigenvalue weighted by Crippen LogP contribution is 2.51. The highest BCUT2D eigenvalue weighted by Gasteiger charge is 2.44. The first kappa shape index (κ1) is 10.3. The van der Waals surface area contributed by atoms with Gasteiger partial charge in [-0.1, -0.05) is 13.8 Å². The van der Waals surface area contributed by atoms with E-state index in [1.807, 2.05) is 0 Å². The molecule has 82 valence electrons. The molecule has 0 radical (unpaired) electrons. The summed E-state index contributed by atoms with van der Waals surface area (Å²) < 4.78 is 13.4. The van der Waals surface area contributed by atoms with E-state index in [-0.39, 0.29) is 5.82 Å². The van der Waals surface area contributed by atoms with Crippen molar-refractivity contribution in [3.05, 3.63) is 24.0 Å². The van der Waals surface area contributed by atoms with E-state index in [1.54, 1.807) is 12.1 Å². The number of halogens is 1. The zero-order chi connectivity index (χ0) is 11.1. The van der Waals surface area contributed by atoms with Crippen LogP contribution in [0.15, 0.2) is 18.2 Å². The van der Waals surface area contributed by atoms with Gasteiger partial charge in [-0.2, -0.15) is 0 Å². The Bertz CT molecular complexity index is 374. The number of benzene rings is 1. The fourth-order valence-corrected chi connectivity index (χ4v) is 1.83. The number of hydrogen-bond acceptors (Lipinski definition) is 2. The molecule has 0 aliphatic heterocycles. The van der Waals surface area contributed by atoms with E-state index < -0.39 is 0 Å². The van der Waals surface area contributed by atoms with Crippen LogP contribution in [-0.4, -0.2) is 6.54 Å². The van der Waals surface area contributed by atoms with Crippen molar-refractivity contribution in [2.75, 3.05) is 17.6 Å². The summed E-state index contributed by atoms with van der Waals surface area (Å²) >= 11 is 0. The van der Waals surface area contributed by atoms with Crippen molar-refractivity contribution in [3.63, 3.8) is 0 Å². The lowest BCUT2D eigenvalue weighted by Crippen LogP contribution is -2.08. The maximum absolute atomic E-state index is 13.4. The van der Waals surface area contributed by atoms with Crippen molar-refractivity contribution in [3.8, 4) is 0 Å². The fraction of sp³-hybridized carbons (Fsp3) is 0.500. The summed E-state index contributed by atoms with van der Waals surface area (Å²) in [6, 6.07) is 4.75. The molecule has 2 rings (SSSR count). The molecule has 1 aliphatic rings. The minimum absolute atomic E-state index is 0.270. The van der Waals surface area contributed by atoms with E-state index in [9.17, 15) is 4.39 Å². The number of hydrogen-bond donors (Lipinski definition) is 2. The van der Waals surface area contributed by atoms with Crippen molar-refractivity contribution in [1.29, 1.82) is 0 Å². The Morgan fingerprint density at radius 1 is 1.53 bits per heavy atom. The molecule has 1 fully saturated rings. The Kier molecular flexibility index (Phi) is 2.33. The van der Waals surface area contributed by atoms with Crippen LogP contribution in [0.25, 0.3) is 0 Å². The minimum Gasteiger partial charge on any atom is -0.399 e. The topological polar surface area (TPSA) is 38.0 Å². The molecule has 0 amide bonds.